The highest BCUT2D eigenvalue weighted by Gasteiger charge is 2.33. The summed E-state index contributed by atoms with van der Waals surface area (Å²) in [6.45, 7) is 0.410. The summed E-state index contributed by atoms with van der Waals surface area (Å²) >= 11 is 8.25. The van der Waals surface area contributed by atoms with Gasteiger partial charge in [-0.25, -0.2) is 9.97 Å². The average molecular weight is 550 g/mol. The number of nitrogens with zero attached hydrogens (tertiary/aromatic N) is 4. The smallest absolute Gasteiger partial charge is 0.266 e. The van der Waals surface area contributed by atoms with Gasteiger partial charge in [-0.3, -0.25) is 4.79 Å². The highest BCUT2D eigenvalue weighted by atomic mass is 35.5. The summed E-state index contributed by atoms with van der Waals surface area (Å²) in [6.07, 6.45) is 7.37. The first-order valence-corrected chi connectivity index (χ1v) is 13.9. The molecule has 1 saturated carbocycles. The molecule has 0 aliphatic heterocycles. The van der Waals surface area contributed by atoms with Crippen molar-refractivity contribution in [1.29, 1.82) is 0 Å². The Morgan fingerprint density at radius 3 is 2.39 bits per heavy atom. The number of hydrogen-bond donors (Lipinski definition) is 1. The summed E-state index contributed by atoms with van der Waals surface area (Å²) in [5.74, 6) is 0.924. The minimum Gasteiger partial charge on any atom is -0.496 e. The largest absolute Gasteiger partial charge is 0.496 e. The molecule has 4 aromatic rings. The SMILES string of the molecule is COc1ccc(-c2cnc(N)nc2)cc1CN(C(=O)c1sc2ccccc2c1Cl)C1CCC(N(C)C)CC1. The summed E-state index contributed by atoms with van der Waals surface area (Å²) < 4.78 is 6.74. The number of thiophene rings is 1. The Balaban J connectivity index is 1.52. The number of aromatic nitrogens is 2. The molecule has 0 saturated heterocycles. The van der Waals surface area contributed by atoms with E-state index in [4.69, 9.17) is 22.1 Å². The number of amides is 1. The summed E-state index contributed by atoms with van der Waals surface area (Å²) in [5.41, 5.74) is 8.39. The van der Waals surface area contributed by atoms with Crippen LogP contribution in [0.15, 0.2) is 54.9 Å². The van der Waals surface area contributed by atoms with Crippen molar-refractivity contribution in [3.8, 4) is 16.9 Å². The number of halogens is 1. The summed E-state index contributed by atoms with van der Waals surface area (Å²) in [7, 11) is 5.91. The van der Waals surface area contributed by atoms with E-state index in [1.165, 1.54) is 11.3 Å². The van der Waals surface area contributed by atoms with Crippen molar-refractivity contribution < 1.29 is 9.53 Å². The molecule has 1 fully saturated rings. The topological polar surface area (TPSA) is 84.6 Å². The molecule has 2 aromatic heterocycles. The van der Waals surface area contributed by atoms with Gasteiger partial charge in [-0.1, -0.05) is 35.9 Å². The van der Waals surface area contributed by atoms with Gasteiger partial charge >= 0.3 is 0 Å². The number of methoxy groups -OCH3 is 1. The Hall–Kier alpha value is -3.20. The number of rotatable bonds is 7. The normalized spacial score (nSPS) is 17.6. The number of hydrogen-bond acceptors (Lipinski definition) is 7. The molecular weight excluding hydrogens is 518 g/mol. The van der Waals surface area contributed by atoms with Crippen LogP contribution in [0.3, 0.4) is 0 Å². The maximum absolute atomic E-state index is 14.2. The van der Waals surface area contributed by atoms with Crippen LogP contribution in [0, 0.1) is 0 Å². The first-order chi connectivity index (χ1) is 18.4. The highest BCUT2D eigenvalue weighted by molar-refractivity contribution is 7.21. The Morgan fingerprint density at radius 2 is 1.74 bits per heavy atom. The van der Waals surface area contributed by atoms with Crippen molar-refractivity contribution in [2.45, 2.75) is 44.3 Å². The molecule has 1 aliphatic rings. The Morgan fingerprint density at radius 1 is 1.05 bits per heavy atom. The third-order valence-corrected chi connectivity index (χ3v) is 9.12. The van der Waals surface area contributed by atoms with Gasteiger partial charge in [0, 0.05) is 52.2 Å². The number of benzene rings is 2. The van der Waals surface area contributed by atoms with Gasteiger partial charge in [0.05, 0.1) is 12.1 Å². The molecule has 38 heavy (non-hydrogen) atoms. The second-order valence-corrected chi connectivity index (χ2v) is 11.4. The van der Waals surface area contributed by atoms with E-state index in [9.17, 15) is 4.79 Å². The fraction of sp³-hybridized carbons (Fsp3) is 0.345. The molecule has 0 unspecified atom stereocenters. The molecule has 1 amide bonds. The number of carbonyl (C=O) groups is 1. The number of ether oxygens (including phenoxy) is 1. The predicted molar refractivity (Wildman–Crippen MR) is 155 cm³/mol. The molecule has 0 radical (unpaired) electrons. The average Bonchev–Trinajstić information content (AvgIpc) is 3.28. The van der Waals surface area contributed by atoms with E-state index < -0.39 is 0 Å². The molecule has 198 valence electrons. The van der Waals surface area contributed by atoms with Crippen LogP contribution >= 0.6 is 22.9 Å². The molecule has 5 rings (SSSR count). The van der Waals surface area contributed by atoms with Crippen LogP contribution in [-0.4, -0.2) is 59.0 Å². The van der Waals surface area contributed by atoms with Crippen molar-refractivity contribution in [2.24, 2.45) is 0 Å². The number of fused-ring (bicyclic) bond motifs is 1. The van der Waals surface area contributed by atoms with Gasteiger partial charge < -0.3 is 20.3 Å². The molecule has 9 heteroatoms. The maximum atomic E-state index is 14.2. The zero-order valence-electron chi connectivity index (χ0n) is 21.9. The summed E-state index contributed by atoms with van der Waals surface area (Å²) in [4.78, 5) is 27.4. The van der Waals surface area contributed by atoms with Crippen molar-refractivity contribution in [2.75, 3.05) is 26.9 Å². The fourth-order valence-electron chi connectivity index (χ4n) is 5.29. The minimum absolute atomic E-state index is 0.0345. The third kappa shape index (κ3) is 5.34. The van der Waals surface area contributed by atoms with E-state index in [0.29, 0.717) is 22.5 Å². The molecule has 2 aromatic carbocycles. The highest BCUT2D eigenvalue weighted by Crippen LogP contribution is 2.38. The Bertz CT molecular complexity index is 1430. The molecule has 1 aliphatic carbocycles. The van der Waals surface area contributed by atoms with Crippen LogP contribution in [-0.2, 0) is 6.54 Å². The van der Waals surface area contributed by atoms with Crippen LogP contribution < -0.4 is 10.5 Å². The standard InChI is InChI=1S/C29H32ClN5O2S/c1-34(2)21-9-11-22(12-10-21)35(28(36)27-26(30)23-6-4-5-7-25(23)38-27)17-19-14-18(8-13-24(19)37-3)20-15-32-29(31)33-16-20/h4-8,13-16,21-22H,9-12,17H2,1-3H3,(H2,31,32,33). The zero-order valence-corrected chi connectivity index (χ0v) is 23.4. The molecule has 2 heterocycles. The van der Waals surface area contributed by atoms with Gasteiger partial charge in [0.2, 0.25) is 5.95 Å². The van der Waals surface area contributed by atoms with Crippen LogP contribution in [0.1, 0.15) is 40.9 Å². The van der Waals surface area contributed by atoms with Crippen molar-refractivity contribution in [3.63, 3.8) is 0 Å². The van der Waals surface area contributed by atoms with Crippen LogP contribution in [0.5, 0.6) is 5.75 Å². The van der Waals surface area contributed by atoms with Gasteiger partial charge in [-0.15, -0.1) is 11.3 Å². The van der Waals surface area contributed by atoms with Crippen LogP contribution in [0.4, 0.5) is 5.95 Å². The lowest BCUT2D eigenvalue weighted by atomic mass is 9.89. The predicted octanol–water partition coefficient (Wildman–Crippen LogP) is 6.12. The number of nitrogen functional groups attached to an aromatic ring is 1. The van der Waals surface area contributed by atoms with Crippen LogP contribution in [0.25, 0.3) is 21.2 Å². The first kappa shape index (κ1) is 26.4. The lowest BCUT2D eigenvalue weighted by Gasteiger charge is -2.39. The lowest BCUT2D eigenvalue weighted by molar-refractivity contribution is 0.0573. The maximum Gasteiger partial charge on any atom is 0.266 e. The summed E-state index contributed by atoms with van der Waals surface area (Å²) in [5, 5.41) is 1.45. The minimum atomic E-state index is -0.0345. The second kappa shape index (κ2) is 11.3. The quantitative estimate of drug-likeness (QED) is 0.299. The molecule has 2 N–H and O–H groups in total. The lowest BCUT2D eigenvalue weighted by Crippen LogP contribution is -2.44. The van der Waals surface area contributed by atoms with E-state index in [1.807, 2.05) is 47.4 Å². The van der Waals surface area contributed by atoms with Crippen LogP contribution in [0.2, 0.25) is 5.02 Å². The molecular formula is C29H32ClN5O2S. The van der Waals surface area contributed by atoms with Crippen molar-refractivity contribution >= 4 is 44.9 Å². The molecule has 0 bridgehead atoms. The zero-order chi connectivity index (χ0) is 26.8. The molecule has 7 nitrogen and oxygen atoms in total. The van der Waals surface area contributed by atoms with Gasteiger partial charge in [0.1, 0.15) is 10.6 Å². The third-order valence-electron chi connectivity index (χ3n) is 7.45. The molecule has 0 atom stereocenters. The summed E-state index contributed by atoms with van der Waals surface area (Å²) in [6, 6.07) is 14.5. The van der Waals surface area contributed by atoms with Gasteiger partial charge in [0.25, 0.3) is 5.91 Å². The first-order valence-electron chi connectivity index (χ1n) is 12.7. The number of carbonyl (C=O) groups excluding carboxylic acids is 1. The fourth-order valence-corrected chi connectivity index (χ4v) is 6.76. The van der Waals surface area contributed by atoms with E-state index in [-0.39, 0.29) is 17.9 Å². The monoisotopic (exact) mass is 549 g/mol. The van der Waals surface area contributed by atoms with Gasteiger partial charge in [-0.05, 0) is 63.5 Å². The number of nitrogens with two attached hydrogens (primary N) is 1. The van der Waals surface area contributed by atoms with Crippen molar-refractivity contribution in [1.82, 2.24) is 19.8 Å². The second-order valence-electron chi connectivity index (χ2n) is 9.96. The van der Waals surface area contributed by atoms with Gasteiger partial charge in [0.15, 0.2) is 0 Å². The van der Waals surface area contributed by atoms with E-state index in [1.54, 1.807) is 19.5 Å². The number of anilines is 1. The van der Waals surface area contributed by atoms with E-state index in [0.717, 1.165) is 58.2 Å². The molecule has 0 spiro atoms. The van der Waals surface area contributed by atoms with Gasteiger partial charge in [-0.2, -0.15) is 0 Å². The van der Waals surface area contributed by atoms with Crippen molar-refractivity contribution in [3.05, 3.63) is 70.3 Å². The Labute approximate surface area is 232 Å². The van der Waals surface area contributed by atoms with E-state index >= 15 is 0 Å². The van der Waals surface area contributed by atoms with E-state index in [2.05, 4.69) is 29.0 Å². The Kier molecular flexibility index (Phi) is 7.83.